The van der Waals surface area contributed by atoms with E-state index in [0.29, 0.717) is 19.4 Å². The molecule has 5 amide bonds. The minimum atomic E-state index is -1.11. The maximum absolute atomic E-state index is 13.8. The molecule has 1 aliphatic heterocycles. The standard InChI is InChI=1S/C26H43N5O5.C4H8/c1-3-26(14-8-5-9-15-26)30-25(36)29-20(18-11-6-4-7-12-18)24(35)31-16-10-13-19(31)23(34)28-17(2)21(32)22(27)33;1-4-2-3-4/h17-20H,3-16H2,1-2H3,(H2,27,33)(H,28,34)(H2,29,30,36);4H,2-3H2,1H3. The summed E-state index contributed by atoms with van der Waals surface area (Å²) in [5.74, 6) is -1.64. The van der Waals surface area contributed by atoms with Gasteiger partial charge >= 0.3 is 6.03 Å². The van der Waals surface area contributed by atoms with Crippen LogP contribution in [0.3, 0.4) is 0 Å². The van der Waals surface area contributed by atoms with Crippen molar-refractivity contribution in [3.05, 3.63) is 0 Å². The Morgan fingerprint density at radius 1 is 0.875 bits per heavy atom. The number of nitrogens with two attached hydrogens (primary N) is 1. The lowest BCUT2D eigenvalue weighted by molar-refractivity contribution is -0.142. The number of hydrogen-bond donors (Lipinski definition) is 4. The first-order valence-electron chi connectivity index (χ1n) is 15.6. The number of Topliss-reactive ketones (excluding diaryl/α,β-unsaturated/α-hetero) is 1. The molecule has 0 aromatic heterocycles. The van der Waals surface area contributed by atoms with E-state index in [-0.39, 0.29) is 23.4 Å². The zero-order valence-electron chi connectivity index (χ0n) is 24.8. The first kappa shape index (κ1) is 31.9. The molecule has 0 aromatic rings. The highest BCUT2D eigenvalue weighted by molar-refractivity contribution is 6.37. The number of carbonyl (C=O) groups is 5. The first-order chi connectivity index (χ1) is 19.1. The van der Waals surface area contributed by atoms with Crippen molar-refractivity contribution in [2.24, 2.45) is 17.6 Å². The van der Waals surface area contributed by atoms with Gasteiger partial charge in [-0.3, -0.25) is 19.2 Å². The third-order valence-corrected chi connectivity index (χ3v) is 9.24. The average Bonchev–Trinajstić information content (AvgIpc) is 3.57. The number of likely N-dealkylation sites (tertiary alicyclic amines) is 1. The van der Waals surface area contributed by atoms with Crippen LogP contribution in [0.4, 0.5) is 4.79 Å². The highest BCUT2D eigenvalue weighted by Gasteiger charge is 2.42. The second kappa shape index (κ2) is 14.8. The fourth-order valence-electron chi connectivity index (χ4n) is 6.30. The molecule has 4 aliphatic rings. The quantitative estimate of drug-likeness (QED) is 0.319. The molecule has 3 aliphatic carbocycles. The summed E-state index contributed by atoms with van der Waals surface area (Å²) in [5.41, 5.74) is 4.81. The Labute approximate surface area is 239 Å². The van der Waals surface area contributed by atoms with Crippen molar-refractivity contribution >= 4 is 29.5 Å². The predicted octanol–water partition coefficient (Wildman–Crippen LogP) is 3.31. The van der Waals surface area contributed by atoms with Crippen LogP contribution >= 0.6 is 0 Å². The van der Waals surface area contributed by atoms with Crippen LogP contribution in [0, 0.1) is 11.8 Å². The van der Waals surface area contributed by atoms with E-state index in [1.807, 2.05) is 0 Å². The van der Waals surface area contributed by atoms with Gasteiger partial charge in [0.2, 0.25) is 17.6 Å². The van der Waals surface area contributed by atoms with Crippen molar-refractivity contribution in [2.45, 2.75) is 141 Å². The van der Waals surface area contributed by atoms with Gasteiger partial charge in [-0.05, 0) is 63.7 Å². The molecular weight excluding hydrogens is 510 g/mol. The monoisotopic (exact) mass is 561 g/mol. The molecule has 5 N–H and O–H groups in total. The highest BCUT2D eigenvalue weighted by Crippen LogP contribution is 2.32. The van der Waals surface area contributed by atoms with Gasteiger partial charge in [0.05, 0.1) is 6.04 Å². The molecule has 1 heterocycles. The van der Waals surface area contributed by atoms with E-state index in [9.17, 15) is 24.0 Å². The van der Waals surface area contributed by atoms with E-state index in [0.717, 1.165) is 70.1 Å². The number of primary amides is 1. The Morgan fingerprint density at radius 2 is 1.48 bits per heavy atom. The van der Waals surface area contributed by atoms with Crippen LogP contribution in [0.5, 0.6) is 0 Å². The van der Waals surface area contributed by atoms with Gasteiger partial charge in [0.1, 0.15) is 12.1 Å². The number of nitrogens with one attached hydrogen (secondary N) is 3. The van der Waals surface area contributed by atoms with Gasteiger partial charge in [0, 0.05) is 12.1 Å². The smallest absolute Gasteiger partial charge is 0.315 e. The highest BCUT2D eigenvalue weighted by atomic mass is 16.2. The van der Waals surface area contributed by atoms with Crippen LogP contribution < -0.4 is 21.7 Å². The van der Waals surface area contributed by atoms with Crippen LogP contribution in [-0.4, -0.2) is 64.6 Å². The number of amides is 5. The van der Waals surface area contributed by atoms with Crippen molar-refractivity contribution in [3.63, 3.8) is 0 Å². The Hall–Kier alpha value is -2.65. The fourth-order valence-corrected chi connectivity index (χ4v) is 6.30. The van der Waals surface area contributed by atoms with Gasteiger partial charge in [0.25, 0.3) is 5.91 Å². The largest absolute Gasteiger partial charge is 0.363 e. The van der Waals surface area contributed by atoms with E-state index >= 15 is 0 Å². The normalized spacial score (nSPS) is 24.1. The summed E-state index contributed by atoms with van der Waals surface area (Å²) in [7, 11) is 0. The molecule has 226 valence electrons. The summed E-state index contributed by atoms with van der Waals surface area (Å²) in [6.07, 6.45) is 15.0. The van der Waals surface area contributed by atoms with E-state index < -0.39 is 35.7 Å². The van der Waals surface area contributed by atoms with Gasteiger partial charge < -0.3 is 26.6 Å². The Morgan fingerprint density at radius 3 is 2.02 bits per heavy atom. The molecule has 1 saturated heterocycles. The van der Waals surface area contributed by atoms with E-state index in [2.05, 4.69) is 29.8 Å². The lowest BCUT2D eigenvalue weighted by atomic mass is 9.80. The van der Waals surface area contributed by atoms with Gasteiger partial charge in [-0.15, -0.1) is 0 Å². The molecule has 40 heavy (non-hydrogen) atoms. The SMILES string of the molecule is CC1CC1.CCC1(NC(=O)NC(C(=O)N2CCCC2C(=O)NC(C)C(=O)C(N)=O)C2CCCCC2)CCCCC1. The third-order valence-electron chi connectivity index (χ3n) is 9.24. The number of ketones is 1. The number of nitrogens with zero attached hydrogens (tertiary/aromatic N) is 1. The van der Waals surface area contributed by atoms with Crippen LogP contribution in [0.15, 0.2) is 0 Å². The zero-order valence-corrected chi connectivity index (χ0v) is 24.8. The molecule has 4 rings (SSSR count). The Kier molecular flexibility index (Phi) is 11.8. The van der Waals surface area contributed by atoms with Crippen LogP contribution in [0.1, 0.15) is 117 Å². The second-order valence-electron chi connectivity index (χ2n) is 12.5. The average molecular weight is 562 g/mol. The summed E-state index contributed by atoms with van der Waals surface area (Å²) < 4.78 is 0. The fraction of sp³-hybridized carbons (Fsp3) is 0.833. The lowest BCUT2D eigenvalue weighted by Crippen LogP contribution is -2.61. The summed E-state index contributed by atoms with van der Waals surface area (Å²) in [6.45, 7) is 6.17. The van der Waals surface area contributed by atoms with E-state index in [4.69, 9.17) is 5.73 Å². The van der Waals surface area contributed by atoms with Gasteiger partial charge in [-0.2, -0.15) is 0 Å². The molecule has 3 atom stereocenters. The van der Waals surface area contributed by atoms with Gasteiger partial charge in [-0.1, -0.05) is 65.2 Å². The maximum Gasteiger partial charge on any atom is 0.315 e. The van der Waals surface area contributed by atoms with Crippen molar-refractivity contribution in [1.29, 1.82) is 0 Å². The lowest BCUT2D eigenvalue weighted by Gasteiger charge is -2.39. The van der Waals surface area contributed by atoms with E-state index in [1.165, 1.54) is 31.1 Å². The Balaban J connectivity index is 0.00000101. The van der Waals surface area contributed by atoms with Crippen LogP contribution in [-0.2, 0) is 19.2 Å². The summed E-state index contributed by atoms with van der Waals surface area (Å²) >= 11 is 0. The van der Waals surface area contributed by atoms with Crippen LogP contribution in [0.2, 0.25) is 0 Å². The molecule has 0 bridgehead atoms. The van der Waals surface area contributed by atoms with E-state index in [1.54, 1.807) is 0 Å². The topological polar surface area (TPSA) is 151 Å². The zero-order chi connectivity index (χ0) is 29.3. The predicted molar refractivity (Wildman–Crippen MR) is 153 cm³/mol. The third kappa shape index (κ3) is 8.93. The van der Waals surface area contributed by atoms with Crippen molar-refractivity contribution in [2.75, 3.05) is 6.54 Å². The molecule has 4 fully saturated rings. The molecule has 0 radical (unpaired) electrons. The van der Waals surface area contributed by atoms with Crippen LogP contribution in [0.25, 0.3) is 0 Å². The molecule has 10 nitrogen and oxygen atoms in total. The minimum Gasteiger partial charge on any atom is -0.363 e. The van der Waals surface area contributed by atoms with Gasteiger partial charge in [-0.25, -0.2) is 4.79 Å². The molecular formula is C30H51N5O5. The number of rotatable bonds is 9. The maximum atomic E-state index is 13.8. The second-order valence-corrected chi connectivity index (χ2v) is 12.5. The molecule has 3 unspecified atom stereocenters. The van der Waals surface area contributed by atoms with Crippen molar-refractivity contribution in [1.82, 2.24) is 20.9 Å². The summed E-state index contributed by atoms with van der Waals surface area (Å²) in [6, 6.07) is -2.84. The van der Waals surface area contributed by atoms with Crippen molar-refractivity contribution < 1.29 is 24.0 Å². The first-order valence-corrected chi connectivity index (χ1v) is 15.6. The van der Waals surface area contributed by atoms with Crippen molar-refractivity contribution in [3.8, 4) is 0 Å². The van der Waals surface area contributed by atoms with Gasteiger partial charge in [0.15, 0.2) is 0 Å². The summed E-state index contributed by atoms with van der Waals surface area (Å²) in [4.78, 5) is 64.5. The number of hydrogen-bond acceptors (Lipinski definition) is 5. The molecule has 3 saturated carbocycles. The molecule has 0 spiro atoms. The number of carbonyl (C=O) groups excluding carboxylic acids is 5. The minimum absolute atomic E-state index is 0.0145. The molecule has 10 heteroatoms. The summed E-state index contributed by atoms with van der Waals surface area (Å²) in [5, 5.41) is 8.74. The number of urea groups is 1. The molecule has 0 aromatic carbocycles. The Bertz CT molecular complexity index is 908.